The Morgan fingerprint density at radius 2 is 0.972 bits per heavy atom. The monoisotopic (exact) mass is 1480 g/mol. The van der Waals surface area contributed by atoms with Crippen LogP contribution in [-0.2, 0) is 92.8 Å². The number of carboxylic acids is 1. The summed E-state index contributed by atoms with van der Waals surface area (Å²) in [7, 11) is 0. The van der Waals surface area contributed by atoms with E-state index in [-0.39, 0.29) is 58.0 Å². The van der Waals surface area contributed by atoms with Crippen molar-refractivity contribution in [1.29, 1.82) is 0 Å². The van der Waals surface area contributed by atoms with Crippen LogP contribution < -0.4 is 70.4 Å². The molecule has 0 unspecified atom stereocenters. The topological polar surface area (TPSA) is 528 Å². The first-order valence-corrected chi connectivity index (χ1v) is 35.3. The number of hydrogen-bond acceptors (Lipinski definition) is 16. The van der Waals surface area contributed by atoms with Crippen molar-refractivity contribution in [3.63, 3.8) is 0 Å². The van der Waals surface area contributed by atoms with Gasteiger partial charge in [0.1, 0.15) is 60.4 Å². The lowest BCUT2D eigenvalue weighted by molar-refractivity contribution is -0.142. The van der Waals surface area contributed by atoms with Crippen LogP contribution >= 0.6 is 0 Å². The number of carbonyl (C=O) groups excluding carboxylic acids is 13. The molecule has 11 atom stereocenters. The summed E-state index contributed by atoms with van der Waals surface area (Å²) in [5, 5.41) is 47.3. The Kier molecular flexibility index (Phi) is 29.2. The fraction of sp³-hybridized carbons (Fsp3) is 0.405. The minimum absolute atomic E-state index is 0.0263. The molecule has 33 nitrogen and oxygen atoms in total. The molecule has 1 aliphatic rings. The van der Waals surface area contributed by atoms with Crippen LogP contribution in [0.2, 0.25) is 0 Å². The molecule has 0 aliphatic carbocycles. The summed E-state index contributed by atoms with van der Waals surface area (Å²) >= 11 is 0. The Hall–Kier alpha value is -12.0. The fourth-order valence-electron chi connectivity index (χ4n) is 12.9. The van der Waals surface area contributed by atoms with Crippen LogP contribution in [-0.4, -0.2) is 199 Å². The number of hydrogen-bond donors (Lipinski definition) is 18. The maximum atomic E-state index is 15.5. The number of para-hydroxylation sites is 3. The lowest BCUT2D eigenvalue weighted by Gasteiger charge is -2.30. The minimum Gasteiger partial charge on any atom is -0.481 e. The van der Waals surface area contributed by atoms with Gasteiger partial charge in [-0.05, 0) is 85.0 Å². The molecule has 3 aromatic heterocycles. The van der Waals surface area contributed by atoms with E-state index in [4.69, 9.17) is 17.2 Å². The molecule has 0 spiro atoms. The minimum atomic E-state index is -1.75. The van der Waals surface area contributed by atoms with Crippen molar-refractivity contribution < 1.29 is 77.3 Å². The van der Waals surface area contributed by atoms with Crippen molar-refractivity contribution in [3.8, 4) is 0 Å². The zero-order chi connectivity index (χ0) is 77.4. The molecule has 13 amide bonds. The standard InChI is InChI=1S/C74H93N17O16/c1-4-40(2)64(73(106)88-54(29-42-17-6-5-7-18-42)67(100)84-53(65(77)98)34-63(96)97)90-62(95)38-81-72(105)60-26-16-28-91(60)74(107)58(32-45-37-80-51-24-13-10-21-48(45)51)89-69(102)56(31-44-36-79-50-23-12-9-20-47(44)50)85-66(99)52(25-14-15-27-75)83-68(101)55(30-43-35-78-49-22-11-8-19-46(43)49)86-70(103)57(33-61(76)94)87-71(104)59(39-92)82-41(3)93/h5-13,17-24,35-37,40,52-60,64,78-80,92H,4,14-16,25-34,38-39,75H2,1-3H3,(H2,76,94)(H2,77,98)(H,81,105)(H,82,93)(H,83,101)(H,84,100)(H,85,99)(H,86,103)(H,87,104)(H,88,106)(H,89,102)(H,90,95)(H,96,97)/t40-,52-,53+,54-,55-,56-,57-,58-,59-,60-,64-/m0/s1. The van der Waals surface area contributed by atoms with E-state index in [0.29, 0.717) is 74.2 Å². The number of primary amides is 2. The smallest absolute Gasteiger partial charge is 0.305 e. The van der Waals surface area contributed by atoms with E-state index >= 15 is 19.2 Å². The van der Waals surface area contributed by atoms with Crippen molar-refractivity contribution in [1.82, 2.24) is 73.0 Å². The number of likely N-dealkylation sites (tertiary alicyclic amines) is 1. The largest absolute Gasteiger partial charge is 0.481 e. The number of aliphatic carboxylic acids is 1. The highest BCUT2D eigenvalue weighted by Gasteiger charge is 2.41. The molecular weight excluding hydrogens is 1380 g/mol. The molecule has 8 rings (SSSR count). The number of unbranched alkanes of at least 4 members (excludes halogenated alkanes) is 1. The first-order valence-electron chi connectivity index (χ1n) is 35.3. The highest BCUT2D eigenvalue weighted by Crippen LogP contribution is 2.26. The number of H-pyrrole nitrogens is 3. The molecule has 4 heterocycles. The Balaban J connectivity index is 1.04. The number of carbonyl (C=O) groups is 14. The Morgan fingerprint density at radius 1 is 0.523 bits per heavy atom. The summed E-state index contributed by atoms with van der Waals surface area (Å²) in [6, 6.07) is 15.2. The van der Waals surface area contributed by atoms with E-state index in [1.807, 2.05) is 24.3 Å². The van der Waals surface area contributed by atoms with Crippen LogP contribution in [0.15, 0.2) is 122 Å². The number of nitrogens with two attached hydrogens (primary N) is 3. The van der Waals surface area contributed by atoms with Gasteiger partial charge in [0.05, 0.1) is 26.0 Å². The summed E-state index contributed by atoms with van der Waals surface area (Å²) < 4.78 is 0. The summed E-state index contributed by atoms with van der Waals surface area (Å²) in [4.78, 5) is 204. The normalized spacial score (nSPS) is 15.5. The van der Waals surface area contributed by atoms with Gasteiger partial charge in [0, 0.05) is 90.5 Å². The van der Waals surface area contributed by atoms with E-state index in [1.165, 1.54) is 4.90 Å². The number of carboxylic acid groups (broad SMARTS) is 1. The number of nitrogens with one attached hydrogen (secondary N) is 13. The molecule has 1 saturated heterocycles. The average molecular weight is 1480 g/mol. The van der Waals surface area contributed by atoms with Gasteiger partial charge in [0.25, 0.3) is 0 Å². The summed E-state index contributed by atoms with van der Waals surface area (Å²) in [5.41, 5.74) is 21.2. The number of benzene rings is 4. The fourth-order valence-corrected chi connectivity index (χ4v) is 12.9. The number of aliphatic hydroxyl groups excluding tert-OH is 1. The van der Waals surface area contributed by atoms with E-state index in [1.54, 1.807) is 111 Å². The van der Waals surface area contributed by atoms with Gasteiger partial charge in [-0.2, -0.15) is 0 Å². The summed E-state index contributed by atoms with van der Waals surface area (Å²) in [6.45, 7) is 3.15. The van der Waals surface area contributed by atoms with Crippen LogP contribution in [0.5, 0.6) is 0 Å². The van der Waals surface area contributed by atoms with Gasteiger partial charge in [-0.15, -0.1) is 0 Å². The Bertz CT molecular complexity index is 4370. The molecule has 1 fully saturated rings. The van der Waals surface area contributed by atoms with Crippen LogP contribution in [0.4, 0.5) is 0 Å². The number of nitrogens with zero attached hydrogens (tertiary/aromatic N) is 1. The van der Waals surface area contributed by atoms with Crippen molar-refractivity contribution in [2.45, 2.75) is 158 Å². The first kappa shape index (κ1) is 80.7. The number of rotatable bonds is 40. The first-order chi connectivity index (χ1) is 51.2. The predicted octanol–water partition coefficient (Wildman–Crippen LogP) is -1.11. The number of aliphatic hydroxyl groups is 1. The molecule has 21 N–H and O–H groups in total. The SMILES string of the molecule is CC[C@H](C)[C@H](NC(=O)CNC(=O)[C@@H]1CCCN1C(=O)[C@H](Cc1c[nH]c2ccccc12)NC(=O)[C@H](Cc1c[nH]c2ccccc12)NC(=O)[C@H](CCCCN)NC(=O)[C@H](Cc1c[nH]c2ccccc12)NC(=O)[C@H](CC(N)=O)NC(=O)[C@H](CO)NC(C)=O)C(=O)N[C@@H](Cc1ccccc1)C(=O)N[C@H](CC(=O)O)C(N)=O. The number of aromatic nitrogens is 3. The lowest BCUT2D eigenvalue weighted by atomic mass is 9.97. The van der Waals surface area contributed by atoms with Crippen molar-refractivity contribution in [3.05, 3.63) is 144 Å². The van der Waals surface area contributed by atoms with Crippen molar-refractivity contribution in [2.75, 3.05) is 26.2 Å². The number of amides is 13. The third kappa shape index (κ3) is 22.5. The molecular formula is C74H93N17O16. The van der Waals surface area contributed by atoms with Gasteiger partial charge >= 0.3 is 5.97 Å². The van der Waals surface area contributed by atoms with E-state index in [2.05, 4.69) is 68.1 Å². The predicted molar refractivity (Wildman–Crippen MR) is 392 cm³/mol. The molecule has 570 valence electrons. The van der Waals surface area contributed by atoms with Gasteiger partial charge in [0.15, 0.2) is 0 Å². The van der Waals surface area contributed by atoms with Gasteiger partial charge < -0.3 is 100 Å². The zero-order valence-corrected chi connectivity index (χ0v) is 59.5. The average Bonchev–Trinajstić information content (AvgIpc) is 1.73. The molecule has 7 aromatic rings. The Morgan fingerprint density at radius 3 is 1.47 bits per heavy atom. The second-order valence-electron chi connectivity index (χ2n) is 26.5. The lowest BCUT2D eigenvalue weighted by Crippen LogP contribution is -2.61. The second-order valence-corrected chi connectivity index (χ2v) is 26.5. The van der Waals surface area contributed by atoms with Gasteiger partial charge in [-0.3, -0.25) is 67.1 Å². The molecule has 107 heavy (non-hydrogen) atoms. The molecule has 0 bridgehead atoms. The highest BCUT2D eigenvalue weighted by atomic mass is 16.4. The molecule has 0 saturated carbocycles. The van der Waals surface area contributed by atoms with Gasteiger partial charge in [-0.1, -0.05) is 105 Å². The van der Waals surface area contributed by atoms with Crippen LogP contribution in [0.25, 0.3) is 32.7 Å². The van der Waals surface area contributed by atoms with Crippen LogP contribution in [0.1, 0.15) is 94.4 Å². The summed E-state index contributed by atoms with van der Waals surface area (Å²) in [6.07, 6.45) is 3.96. The molecule has 0 radical (unpaired) electrons. The van der Waals surface area contributed by atoms with E-state index in [9.17, 15) is 58.2 Å². The quantitative estimate of drug-likeness (QED) is 0.0203. The van der Waals surface area contributed by atoms with Gasteiger partial charge in [-0.25, -0.2) is 0 Å². The molecule has 33 heteroatoms. The van der Waals surface area contributed by atoms with Crippen LogP contribution in [0, 0.1) is 5.92 Å². The zero-order valence-electron chi connectivity index (χ0n) is 59.5. The second kappa shape index (κ2) is 38.7. The maximum absolute atomic E-state index is 15.5. The number of aromatic amines is 3. The third-order valence-electron chi connectivity index (χ3n) is 18.7. The van der Waals surface area contributed by atoms with Gasteiger partial charge in [0.2, 0.25) is 76.8 Å². The van der Waals surface area contributed by atoms with Crippen molar-refractivity contribution >= 4 is 115 Å². The molecule has 4 aromatic carbocycles. The highest BCUT2D eigenvalue weighted by molar-refractivity contribution is 6.01. The van der Waals surface area contributed by atoms with Crippen LogP contribution in [0.3, 0.4) is 0 Å². The van der Waals surface area contributed by atoms with E-state index in [0.717, 1.165) is 6.92 Å². The number of fused-ring (bicyclic) bond motifs is 3. The van der Waals surface area contributed by atoms with Crippen molar-refractivity contribution in [2.24, 2.45) is 23.1 Å². The molecule has 1 aliphatic heterocycles. The Labute approximate surface area is 614 Å². The third-order valence-corrected chi connectivity index (χ3v) is 18.7. The maximum Gasteiger partial charge on any atom is 0.305 e. The van der Waals surface area contributed by atoms with E-state index < -0.39 is 175 Å². The summed E-state index contributed by atoms with van der Waals surface area (Å²) in [5.74, 6) is -13.7.